The molecule has 0 amide bonds. The fourth-order valence-corrected chi connectivity index (χ4v) is 3.50. The molecule has 0 fully saturated rings. The zero-order chi connectivity index (χ0) is 17.6. The molecule has 0 aliphatic carbocycles. The van der Waals surface area contributed by atoms with Crippen molar-refractivity contribution in [2.24, 2.45) is 0 Å². The summed E-state index contributed by atoms with van der Waals surface area (Å²) in [5.41, 5.74) is 1.73. The number of hydrogen-bond acceptors (Lipinski definition) is 5. The normalized spacial score (nSPS) is 13.2. The number of carbonyl (C=O) groups is 1. The van der Waals surface area contributed by atoms with Crippen LogP contribution in [0.2, 0.25) is 0 Å². The van der Waals surface area contributed by atoms with Gasteiger partial charge < -0.3 is 14.2 Å². The van der Waals surface area contributed by atoms with E-state index in [4.69, 9.17) is 14.2 Å². The fourth-order valence-electron chi connectivity index (χ4n) is 2.60. The second kappa shape index (κ2) is 8.30. The van der Waals surface area contributed by atoms with E-state index in [0.29, 0.717) is 25.4 Å². The van der Waals surface area contributed by atoms with Crippen molar-refractivity contribution in [2.45, 2.75) is 30.9 Å². The van der Waals surface area contributed by atoms with E-state index in [9.17, 15) is 4.79 Å². The van der Waals surface area contributed by atoms with Gasteiger partial charge in [0.25, 0.3) is 0 Å². The summed E-state index contributed by atoms with van der Waals surface area (Å²) in [7, 11) is 0. The molecule has 0 aromatic heterocycles. The van der Waals surface area contributed by atoms with Gasteiger partial charge in [-0.1, -0.05) is 0 Å². The third-order valence-electron chi connectivity index (χ3n) is 3.88. The van der Waals surface area contributed by atoms with E-state index < -0.39 is 0 Å². The predicted molar refractivity (Wildman–Crippen MR) is 99.2 cm³/mol. The van der Waals surface area contributed by atoms with Crippen LogP contribution in [0.25, 0.3) is 0 Å². The monoisotopic (exact) mass is 358 g/mol. The lowest BCUT2D eigenvalue weighted by Gasteiger charge is -2.12. The van der Waals surface area contributed by atoms with E-state index >= 15 is 0 Å². The molecule has 0 saturated carbocycles. The largest absolute Gasteiger partial charge is 0.494 e. The van der Waals surface area contributed by atoms with Crippen molar-refractivity contribution >= 4 is 17.5 Å². The molecule has 2 aromatic rings. The van der Waals surface area contributed by atoms with Gasteiger partial charge in [-0.15, -0.1) is 11.8 Å². The molecule has 0 spiro atoms. The number of fused-ring (bicyclic) bond motifs is 1. The summed E-state index contributed by atoms with van der Waals surface area (Å²) in [6, 6.07) is 11.6. The van der Waals surface area contributed by atoms with Crippen LogP contribution in [0.1, 0.15) is 36.2 Å². The first-order chi connectivity index (χ1) is 12.2. The summed E-state index contributed by atoms with van der Waals surface area (Å²) in [4.78, 5) is 12.8. The smallest absolute Gasteiger partial charge is 0.162 e. The van der Waals surface area contributed by atoms with Crippen LogP contribution < -0.4 is 14.2 Å². The number of hydrogen-bond donors (Lipinski definition) is 0. The molecule has 3 rings (SSSR count). The van der Waals surface area contributed by atoms with Gasteiger partial charge in [-0.05, 0) is 50.2 Å². The number of rotatable bonds is 6. The average Bonchev–Trinajstić information content (AvgIpc) is 2.85. The highest BCUT2D eigenvalue weighted by molar-refractivity contribution is 7.98. The summed E-state index contributed by atoms with van der Waals surface area (Å²) in [5.74, 6) is 3.20. The van der Waals surface area contributed by atoms with Gasteiger partial charge in [-0.3, -0.25) is 4.79 Å². The van der Waals surface area contributed by atoms with Gasteiger partial charge in [-0.2, -0.15) is 0 Å². The van der Waals surface area contributed by atoms with Gasteiger partial charge in [0.1, 0.15) is 5.75 Å². The van der Waals surface area contributed by atoms with E-state index in [1.54, 1.807) is 18.7 Å². The van der Waals surface area contributed by atoms with Crippen LogP contribution in [0.3, 0.4) is 0 Å². The third kappa shape index (κ3) is 4.48. The number of benzene rings is 2. The van der Waals surface area contributed by atoms with Gasteiger partial charge in [0.15, 0.2) is 17.3 Å². The topological polar surface area (TPSA) is 44.8 Å². The Morgan fingerprint density at radius 1 is 1.12 bits per heavy atom. The Labute approximate surface area is 152 Å². The molecule has 0 bridgehead atoms. The second-order valence-corrected chi connectivity index (χ2v) is 6.81. The Kier molecular flexibility index (Phi) is 5.87. The second-order valence-electron chi connectivity index (χ2n) is 5.76. The Hall–Kier alpha value is -2.14. The number of ketones is 1. The molecular formula is C20H22O4S. The molecule has 1 aliphatic rings. The molecule has 5 heteroatoms. The summed E-state index contributed by atoms with van der Waals surface area (Å²) >= 11 is 1.69. The quantitative estimate of drug-likeness (QED) is 0.551. The lowest BCUT2D eigenvalue weighted by atomic mass is 10.1. The van der Waals surface area contributed by atoms with Crippen molar-refractivity contribution in [1.82, 2.24) is 0 Å². The number of ether oxygens (including phenoxy) is 3. The highest BCUT2D eigenvalue weighted by atomic mass is 32.2. The van der Waals surface area contributed by atoms with Crippen molar-refractivity contribution in [3.8, 4) is 17.2 Å². The first kappa shape index (κ1) is 17.7. The highest BCUT2D eigenvalue weighted by Crippen LogP contribution is 2.36. The van der Waals surface area contributed by atoms with Gasteiger partial charge in [0.05, 0.1) is 19.8 Å². The van der Waals surface area contributed by atoms with Gasteiger partial charge in [-0.25, -0.2) is 0 Å². The summed E-state index contributed by atoms with van der Waals surface area (Å²) in [5, 5.41) is 0. The van der Waals surface area contributed by atoms with Crippen LogP contribution in [-0.2, 0) is 5.75 Å². The molecule has 1 aliphatic heterocycles. The first-order valence-corrected chi connectivity index (χ1v) is 9.45. The molecule has 25 heavy (non-hydrogen) atoms. The minimum Gasteiger partial charge on any atom is -0.494 e. The summed E-state index contributed by atoms with van der Waals surface area (Å²) in [6.07, 6.45) is 0.896. The maximum Gasteiger partial charge on any atom is 0.162 e. The summed E-state index contributed by atoms with van der Waals surface area (Å²) < 4.78 is 17.1. The fraction of sp³-hybridized carbons (Fsp3) is 0.350. The zero-order valence-corrected chi connectivity index (χ0v) is 15.4. The molecule has 0 radical (unpaired) electrons. The SMILES string of the molecule is CCOc1ccc(C(C)=O)cc1CSc1ccc2c(c1)OCCCO2. The number of carbonyl (C=O) groups excluding carboxylic acids is 1. The van der Waals surface area contributed by atoms with Crippen LogP contribution in [0.5, 0.6) is 17.2 Å². The minimum atomic E-state index is 0.0601. The molecule has 1 heterocycles. The van der Waals surface area contributed by atoms with Crippen molar-refractivity contribution in [2.75, 3.05) is 19.8 Å². The highest BCUT2D eigenvalue weighted by Gasteiger charge is 2.12. The molecule has 0 unspecified atom stereocenters. The number of thioether (sulfide) groups is 1. The van der Waals surface area contributed by atoms with Gasteiger partial charge >= 0.3 is 0 Å². The van der Waals surface area contributed by atoms with E-state index in [1.165, 1.54) is 0 Å². The van der Waals surface area contributed by atoms with Gasteiger partial charge in [0, 0.05) is 28.2 Å². The van der Waals surface area contributed by atoms with Crippen LogP contribution in [-0.4, -0.2) is 25.6 Å². The van der Waals surface area contributed by atoms with Crippen molar-refractivity contribution < 1.29 is 19.0 Å². The Morgan fingerprint density at radius 2 is 1.92 bits per heavy atom. The standard InChI is InChI=1S/C20H22O4S/c1-3-22-18-7-5-15(14(2)21)11-16(18)13-25-17-6-8-19-20(12-17)24-10-4-9-23-19/h5-8,11-12H,3-4,9-10,13H2,1-2H3. The van der Waals surface area contributed by atoms with Crippen molar-refractivity contribution in [3.05, 3.63) is 47.5 Å². The molecular weight excluding hydrogens is 336 g/mol. The predicted octanol–water partition coefficient (Wildman–Crippen LogP) is 4.74. The molecule has 2 aromatic carbocycles. The molecule has 4 nitrogen and oxygen atoms in total. The zero-order valence-electron chi connectivity index (χ0n) is 14.5. The van der Waals surface area contributed by atoms with E-state index in [0.717, 1.165) is 39.9 Å². The van der Waals surface area contributed by atoms with E-state index in [-0.39, 0.29) is 5.78 Å². The Morgan fingerprint density at radius 3 is 2.68 bits per heavy atom. The van der Waals surface area contributed by atoms with Crippen LogP contribution in [0.4, 0.5) is 0 Å². The molecule has 0 saturated heterocycles. The van der Waals surface area contributed by atoms with E-state index in [2.05, 4.69) is 0 Å². The Bertz CT molecular complexity index is 757. The first-order valence-electron chi connectivity index (χ1n) is 8.46. The molecule has 0 atom stereocenters. The van der Waals surface area contributed by atoms with Crippen molar-refractivity contribution in [1.29, 1.82) is 0 Å². The molecule has 132 valence electrons. The minimum absolute atomic E-state index is 0.0601. The Balaban J connectivity index is 1.77. The van der Waals surface area contributed by atoms with Crippen LogP contribution in [0.15, 0.2) is 41.3 Å². The van der Waals surface area contributed by atoms with Gasteiger partial charge in [0.2, 0.25) is 0 Å². The van der Waals surface area contributed by atoms with E-state index in [1.807, 2.05) is 43.3 Å². The third-order valence-corrected chi connectivity index (χ3v) is 4.92. The maximum absolute atomic E-state index is 11.7. The number of Topliss-reactive ketones (excluding diaryl/α,β-unsaturated/α-hetero) is 1. The summed E-state index contributed by atoms with van der Waals surface area (Å²) in [6.45, 7) is 5.50. The van der Waals surface area contributed by atoms with Crippen LogP contribution >= 0.6 is 11.8 Å². The van der Waals surface area contributed by atoms with Crippen molar-refractivity contribution in [3.63, 3.8) is 0 Å². The van der Waals surface area contributed by atoms with Crippen LogP contribution in [0, 0.1) is 0 Å². The lowest BCUT2D eigenvalue weighted by molar-refractivity contribution is 0.101. The maximum atomic E-state index is 11.7. The molecule has 0 N–H and O–H groups in total. The average molecular weight is 358 g/mol. The lowest BCUT2D eigenvalue weighted by Crippen LogP contribution is -1.99.